The average Bonchev–Trinajstić information content (AvgIpc) is 3.25. The van der Waals surface area contributed by atoms with Gasteiger partial charge in [-0.2, -0.15) is 0 Å². The zero-order chi connectivity index (χ0) is 18.3. The number of carboxylic acids is 1. The lowest BCUT2D eigenvalue weighted by molar-refractivity contribution is -0.153. The number of amides is 1. The minimum atomic E-state index is -0.781. The van der Waals surface area contributed by atoms with Gasteiger partial charge in [-0.15, -0.1) is 0 Å². The molecule has 1 aromatic carbocycles. The second-order valence-electron chi connectivity index (χ2n) is 7.95. The van der Waals surface area contributed by atoms with Crippen molar-refractivity contribution < 1.29 is 14.7 Å². The summed E-state index contributed by atoms with van der Waals surface area (Å²) < 4.78 is 0. The van der Waals surface area contributed by atoms with Crippen molar-refractivity contribution in [1.82, 2.24) is 9.80 Å². The molecule has 1 aromatic rings. The standard InChI is InChI=1S/C20H25ClN2O3/c21-16-5-1-13(2-6-16)12-22-7-9-23(10-8-22)19(24)17-14-3-4-15(11-14)18(17)20(25)26/h1-2,5-6,14-15,17-18H,3-4,7-12H2,(H,25,26)/t14-,15+,17-,18+/m0/s1. The zero-order valence-electron chi connectivity index (χ0n) is 14.8. The van der Waals surface area contributed by atoms with Gasteiger partial charge in [0.25, 0.3) is 0 Å². The Morgan fingerprint density at radius 1 is 1.00 bits per heavy atom. The maximum absolute atomic E-state index is 13.0. The van der Waals surface area contributed by atoms with E-state index >= 15 is 0 Å². The molecule has 6 heteroatoms. The van der Waals surface area contributed by atoms with Crippen molar-refractivity contribution in [3.8, 4) is 0 Å². The Kier molecular flexibility index (Phi) is 4.93. The fourth-order valence-electron chi connectivity index (χ4n) is 5.19. The van der Waals surface area contributed by atoms with Crippen molar-refractivity contribution in [2.24, 2.45) is 23.7 Å². The molecule has 0 spiro atoms. The Morgan fingerprint density at radius 2 is 1.62 bits per heavy atom. The van der Waals surface area contributed by atoms with Crippen LogP contribution in [0.1, 0.15) is 24.8 Å². The van der Waals surface area contributed by atoms with Crippen LogP contribution in [0.25, 0.3) is 0 Å². The molecule has 4 atom stereocenters. The van der Waals surface area contributed by atoms with Crippen molar-refractivity contribution in [3.63, 3.8) is 0 Å². The predicted molar refractivity (Wildman–Crippen MR) is 98.8 cm³/mol. The van der Waals surface area contributed by atoms with Crippen LogP contribution in [-0.2, 0) is 16.1 Å². The highest BCUT2D eigenvalue weighted by Gasteiger charge is 2.54. The molecule has 1 amide bonds. The third-order valence-corrected chi connectivity index (χ3v) is 6.74. The molecule has 1 saturated heterocycles. The largest absolute Gasteiger partial charge is 0.481 e. The van der Waals surface area contributed by atoms with E-state index in [1.54, 1.807) is 0 Å². The number of benzene rings is 1. The Balaban J connectivity index is 1.35. The summed E-state index contributed by atoms with van der Waals surface area (Å²) in [4.78, 5) is 29.0. The first-order chi connectivity index (χ1) is 12.5. The maximum Gasteiger partial charge on any atom is 0.307 e. The highest BCUT2D eigenvalue weighted by molar-refractivity contribution is 6.30. The van der Waals surface area contributed by atoms with E-state index in [1.807, 2.05) is 29.2 Å². The molecule has 26 heavy (non-hydrogen) atoms. The van der Waals surface area contributed by atoms with E-state index in [0.717, 1.165) is 43.9 Å². The molecule has 2 aliphatic carbocycles. The smallest absolute Gasteiger partial charge is 0.307 e. The summed E-state index contributed by atoms with van der Waals surface area (Å²) in [6.07, 6.45) is 2.91. The molecule has 5 nitrogen and oxygen atoms in total. The number of fused-ring (bicyclic) bond motifs is 2. The van der Waals surface area contributed by atoms with Gasteiger partial charge < -0.3 is 10.0 Å². The van der Waals surface area contributed by atoms with Gasteiger partial charge in [-0.25, -0.2) is 0 Å². The van der Waals surface area contributed by atoms with E-state index in [1.165, 1.54) is 5.56 Å². The van der Waals surface area contributed by atoms with Crippen molar-refractivity contribution in [1.29, 1.82) is 0 Å². The number of carbonyl (C=O) groups excluding carboxylic acids is 1. The van der Waals surface area contributed by atoms with Gasteiger partial charge in [0, 0.05) is 37.7 Å². The number of piperazine rings is 1. The normalized spacial score (nSPS) is 31.3. The highest BCUT2D eigenvalue weighted by Crippen LogP contribution is 2.53. The minimum Gasteiger partial charge on any atom is -0.481 e. The summed E-state index contributed by atoms with van der Waals surface area (Å²) >= 11 is 5.93. The highest BCUT2D eigenvalue weighted by atomic mass is 35.5. The van der Waals surface area contributed by atoms with Crippen LogP contribution in [0.15, 0.2) is 24.3 Å². The summed E-state index contributed by atoms with van der Waals surface area (Å²) in [5.74, 6) is -0.978. The molecule has 1 heterocycles. The number of halogens is 1. The Bertz CT molecular complexity index is 685. The summed E-state index contributed by atoms with van der Waals surface area (Å²) in [5.41, 5.74) is 1.22. The molecule has 0 aromatic heterocycles. The van der Waals surface area contributed by atoms with E-state index in [9.17, 15) is 14.7 Å². The number of rotatable bonds is 4. The van der Waals surface area contributed by atoms with Gasteiger partial charge >= 0.3 is 5.97 Å². The van der Waals surface area contributed by atoms with Crippen LogP contribution in [0.3, 0.4) is 0 Å². The van der Waals surface area contributed by atoms with Crippen LogP contribution in [0, 0.1) is 23.7 Å². The van der Waals surface area contributed by atoms with Crippen LogP contribution >= 0.6 is 11.6 Å². The summed E-state index contributed by atoms with van der Waals surface area (Å²) in [6, 6.07) is 7.87. The number of aliphatic carboxylic acids is 1. The lowest BCUT2D eigenvalue weighted by atomic mass is 9.78. The first-order valence-corrected chi connectivity index (χ1v) is 9.89. The first-order valence-electron chi connectivity index (χ1n) is 9.51. The Morgan fingerprint density at radius 3 is 2.23 bits per heavy atom. The van der Waals surface area contributed by atoms with E-state index < -0.39 is 11.9 Å². The maximum atomic E-state index is 13.0. The van der Waals surface area contributed by atoms with E-state index in [-0.39, 0.29) is 23.7 Å². The molecule has 2 saturated carbocycles. The van der Waals surface area contributed by atoms with Crippen molar-refractivity contribution in [2.75, 3.05) is 26.2 Å². The molecule has 140 valence electrons. The third kappa shape index (κ3) is 3.35. The van der Waals surface area contributed by atoms with E-state index in [2.05, 4.69) is 4.90 Å². The Labute approximate surface area is 158 Å². The number of hydrogen-bond acceptors (Lipinski definition) is 3. The van der Waals surface area contributed by atoms with Crippen molar-refractivity contribution in [2.45, 2.75) is 25.8 Å². The minimum absolute atomic E-state index is 0.0794. The van der Waals surface area contributed by atoms with Crippen molar-refractivity contribution in [3.05, 3.63) is 34.9 Å². The lowest BCUT2D eigenvalue weighted by Crippen LogP contribution is -2.52. The topological polar surface area (TPSA) is 60.9 Å². The number of hydrogen-bond donors (Lipinski definition) is 1. The monoisotopic (exact) mass is 376 g/mol. The predicted octanol–water partition coefficient (Wildman–Crippen LogP) is 2.73. The van der Waals surface area contributed by atoms with Gasteiger partial charge in [-0.05, 0) is 48.8 Å². The number of nitrogens with zero attached hydrogens (tertiary/aromatic N) is 2. The van der Waals surface area contributed by atoms with E-state index in [4.69, 9.17) is 11.6 Å². The average molecular weight is 377 g/mol. The molecule has 0 unspecified atom stereocenters. The molecule has 1 N–H and O–H groups in total. The molecule has 1 aliphatic heterocycles. The van der Waals surface area contributed by atoms with Gasteiger partial charge in [-0.1, -0.05) is 23.7 Å². The molecular weight excluding hydrogens is 352 g/mol. The van der Waals surface area contributed by atoms with Gasteiger partial charge in [-0.3, -0.25) is 14.5 Å². The molecule has 2 bridgehead atoms. The quantitative estimate of drug-likeness (QED) is 0.877. The van der Waals surface area contributed by atoms with Crippen LogP contribution in [0.4, 0.5) is 0 Å². The van der Waals surface area contributed by atoms with Crippen LogP contribution in [0.2, 0.25) is 5.02 Å². The molecular formula is C20H25ClN2O3. The Hall–Kier alpha value is -1.59. The van der Waals surface area contributed by atoms with Gasteiger partial charge in [0.2, 0.25) is 5.91 Å². The number of carboxylic acid groups (broad SMARTS) is 1. The second-order valence-corrected chi connectivity index (χ2v) is 8.39. The number of carbonyl (C=O) groups is 2. The van der Waals surface area contributed by atoms with Crippen LogP contribution in [0.5, 0.6) is 0 Å². The van der Waals surface area contributed by atoms with E-state index in [0.29, 0.717) is 13.1 Å². The van der Waals surface area contributed by atoms with Crippen LogP contribution in [-0.4, -0.2) is 53.0 Å². The lowest BCUT2D eigenvalue weighted by Gasteiger charge is -2.38. The van der Waals surface area contributed by atoms with Crippen molar-refractivity contribution >= 4 is 23.5 Å². The molecule has 3 aliphatic rings. The van der Waals surface area contributed by atoms with Crippen LogP contribution < -0.4 is 0 Å². The second kappa shape index (κ2) is 7.20. The first kappa shape index (κ1) is 17.8. The fourth-order valence-corrected chi connectivity index (χ4v) is 5.31. The summed E-state index contributed by atoms with van der Waals surface area (Å²) in [7, 11) is 0. The summed E-state index contributed by atoms with van der Waals surface area (Å²) in [6.45, 7) is 3.88. The fraction of sp³-hybridized carbons (Fsp3) is 0.600. The third-order valence-electron chi connectivity index (χ3n) is 6.49. The SMILES string of the molecule is O=C(O)[C@@H]1[C@@H]2CC[C@@H](C2)[C@@H]1C(=O)N1CCN(Cc2ccc(Cl)cc2)CC1. The van der Waals surface area contributed by atoms with Gasteiger partial charge in [0.15, 0.2) is 0 Å². The van der Waals surface area contributed by atoms with Gasteiger partial charge in [0.05, 0.1) is 11.8 Å². The molecule has 0 radical (unpaired) electrons. The summed E-state index contributed by atoms with van der Waals surface area (Å²) in [5, 5.41) is 10.3. The molecule has 4 rings (SSSR count). The van der Waals surface area contributed by atoms with Gasteiger partial charge in [0.1, 0.15) is 0 Å². The molecule has 3 fully saturated rings. The zero-order valence-corrected chi connectivity index (χ0v) is 15.6.